The number of hydrogen-bond donors (Lipinski definition) is 0. The van der Waals surface area contributed by atoms with Crippen LogP contribution in [-0.4, -0.2) is 28.5 Å². The van der Waals surface area contributed by atoms with Crippen molar-refractivity contribution in [2.24, 2.45) is 0 Å². The van der Waals surface area contributed by atoms with E-state index in [0.29, 0.717) is 15.8 Å². The fourth-order valence-electron chi connectivity index (χ4n) is 4.06. The molecule has 0 aromatic rings. The summed E-state index contributed by atoms with van der Waals surface area (Å²) < 4.78 is 0. The second-order valence-electron chi connectivity index (χ2n) is 7.23. The van der Waals surface area contributed by atoms with Crippen LogP contribution in [0.4, 0.5) is 0 Å². The maximum Gasteiger partial charge on any atom is -0.0111 e. The maximum absolute atomic E-state index is 2.52. The van der Waals surface area contributed by atoms with Crippen molar-refractivity contribution in [1.29, 1.82) is 0 Å². The molecule has 0 spiro atoms. The minimum atomic E-state index is 0. The highest BCUT2D eigenvalue weighted by Gasteiger charge is 2.33. The van der Waals surface area contributed by atoms with Crippen molar-refractivity contribution in [3.8, 4) is 0 Å². The van der Waals surface area contributed by atoms with E-state index in [0.717, 1.165) is 22.6 Å². The molecule has 4 heteroatoms. The lowest BCUT2D eigenvalue weighted by Crippen LogP contribution is -2.15. The summed E-state index contributed by atoms with van der Waals surface area (Å²) in [5.74, 6) is 1.66. The van der Waals surface area contributed by atoms with Gasteiger partial charge in [0.1, 0.15) is 0 Å². The normalized spacial score (nSPS) is 23.1. The van der Waals surface area contributed by atoms with Gasteiger partial charge in [-0.25, -0.2) is 0 Å². The molecular formula is C17H36Br2P2. The maximum atomic E-state index is 2.52. The first-order chi connectivity index (χ1) is 9.09. The van der Waals surface area contributed by atoms with E-state index in [4.69, 9.17) is 0 Å². The molecule has 21 heavy (non-hydrogen) atoms. The van der Waals surface area contributed by atoms with Crippen LogP contribution in [0, 0.1) is 0 Å². The van der Waals surface area contributed by atoms with Crippen LogP contribution in [0.5, 0.6) is 0 Å². The Balaban J connectivity index is 0.00000200. The van der Waals surface area contributed by atoms with Gasteiger partial charge in [0, 0.05) is 0 Å². The van der Waals surface area contributed by atoms with Gasteiger partial charge in [-0.05, 0) is 54.2 Å². The topological polar surface area (TPSA) is 0 Å². The molecule has 128 valence electrons. The minimum absolute atomic E-state index is 0. The molecular weight excluding hydrogens is 426 g/mol. The first-order valence-electron chi connectivity index (χ1n) is 8.61. The monoisotopic (exact) mass is 460 g/mol. The molecule has 0 heterocycles. The van der Waals surface area contributed by atoms with Crippen molar-refractivity contribution >= 4 is 49.8 Å². The molecule has 0 aromatic heterocycles. The number of hydrogen-bond acceptors (Lipinski definition) is 0. The number of halogens is 2. The molecule has 0 amide bonds. The summed E-state index contributed by atoms with van der Waals surface area (Å²) >= 11 is 0. The van der Waals surface area contributed by atoms with Crippen molar-refractivity contribution in [3.05, 3.63) is 0 Å². The average Bonchev–Trinajstić information content (AvgIpc) is 3.00. The number of rotatable bonds is 6. The fourth-order valence-corrected chi connectivity index (χ4v) is 13.8. The molecule has 2 aliphatic carbocycles. The zero-order valence-electron chi connectivity index (χ0n) is 14.4. The lowest BCUT2D eigenvalue weighted by atomic mass is 10.4. The van der Waals surface area contributed by atoms with E-state index in [9.17, 15) is 0 Å². The van der Waals surface area contributed by atoms with E-state index in [2.05, 4.69) is 27.7 Å². The Hall–Kier alpha value is 1.82. The molecule has 2 rings (SSSR count). The Morgan fingerprint density at radius 3 is 1.19 bits per heavy atom. The highest BCUT2D eigenvalue weighted by Crippen LogP contribution is 2.64. The Bertz CT molecular complexity index is 234. The van der Waals surface area contributed by atoms with E-state index in [1.165, 1.54) is 25.7 Å². The minimum Gasteiger partial charge on any atom is -0.114 e. The molecule has 0 N–H and O–H groups in total. The summed E-state index contributed by atoms with van der Waals surface area (Å²) in [7, 11) is 0.640. The van der Waals surface area contributed by atoms with Gasteiger partial charge in [0.25, 0.3) is 0 Å². The summed E-state index contributed by atoms with van der Waals surface area (Å²) in [6.07, 6.45) is 12.4. The van der Waals surface area contributed by atoms with Crippen molar-refractivity contribution in [2.45, 2.75) is 102 Å². The summed E-state index contributed by atoms with van der Waals surface area (Å²) in [6, 6.07) is 0. The summed E-state index contributed by atoms with van der Waals surface area (Å²) in [6.45, 7) is 10.1. The molecule has 2 unspecified atom stereocenters. The average molecular weight is 462 g/mol. The SMILES string of the molecule is Br.Br.CC(C)P(CP(C(C)C)C1CCCC1)C1CCCC1. The molecule has 2 atom stereocenters. The van der Waals surface area contributed by atoms with Crippen molar-refractivity contribution in [3.63, 3.8) is 0 Å². The predicted octanol–water partition coefficient (Wildman–Crippen LogP) is 7.77. The van der Waals surface area contributed by atoms with Gasteiger partial charge in [0.2, 0.25) is 0 Å². The van der Waals surface area contributed by atoms with Gasteiger partial charge in [0.15, 0.2) is 0 Å². The van der Waals surface area contributed by atoms with E-state index in [1.807, 2.05) is 0 Å². The lowest BCUT2D eigenvalue weighted by Gasteiger charge is -2.36. The van der Waals surface area contributed by atoms with Gasteiger partial charge in [-0.3, -0.25) is 0 Å². The third kappa shape index (κ3) is 6.68. The van der Waals surface area contributed by atoms with Gasteiger partial charge >= 0.3 is 0 Å². The van der Waals surface area contributed by atoms with Crippen molar-refractivity contribution in [1.82, 2.24) is 0 Å². The lowest BCUT2D eigenvalue weighted by molar-refractivity contribution is 0.861. The Kier molecular flexibility index (Phi) is 12.4. The van der Waals surface area contributed by atoms with Crippen LogP contribution in [0.1, 0.15) is 79.1 Å². The van der Waals surface area contributed by atoms with Crippen molar-refractivity contribution < 1.29 is 0 Å². The molecule has 2 fully saturated rings. The van der Waals surface area contributed by atoms with Crippen molar-refractivity contribution in [2.75, 3.05) is 5.90 Å². The summed E-state index contributed by atoms with van der Waals surface area (Å²) in [5, 5.41) is 0. The quantitative estimate of drug-likeness (QED) is 0.354. The smallest absolute Gasteiger partial charge is 0.0111 e. The molecule has 2 aliphatic rings. The third-order valence-electron chi connectivity index (χ3n) is 5.24. The second kappa shape index (κ2) is 11.4. The zero-order valence-corrected chi connectivity index (χ0v) is 19.6. The molecule has 2 saturated carbocycles. The summed E-state index contributed by atoms with van der Waals surface area (Å²) in [5.41, 5.74) is 4.23. The Labute approximate surface area is 157 Å². The molecule has 0 saturated heterocycles. The second-order valence-corrected chi connectivity index (χ2v) is 13.9. The Morgan fingerprint density at radius 2 is 0.952 bits per heavy atom. The van der Waals surface area contributed by atoms with Crippen LogP contribution in [0.3, 0.4) is 0 Å². The van der Waals surface area contributed by atoms with Crippen LogP contribution in [0.25, 0.3) is 0 Å². The molecule has 0 aromatic carbocycles. The Morgan fingerprint density at radius 1 is 0.667 bits per heavy atom. The van der Waals surface area contributed by atoms with Crippen LogP contribution in [0.15, 0.2) is 0 Å². The van der Waals surface area contributed by atoms with Gasteiger partial charge in [-0.2, -0.15) is 0 Å². The van der Waals surface area contributed by atoms with Crippen LogP contribution in [-0.2, 0) is 0 Å². The first kappa shape index (κ1) is 22.8. The van der Waals surface area contributed by atoms with E-state index in [1.54, 1.807) is 31.6 Å². The fraction of sp³-hybridized carbons (Fsp3) is 1.00. The highest BCUT2D eigenvalue weighted by molar-refractivity contribution is 8.93. The molecule has 0 bridgehead atoms. The van der Waals surface area contributed by atoms with Gasteiger partial charge in [-0.1, -0.05) is 69.2 Å². The van der Waals surface area contributed by atoms with E-state index in [-0.39, 0.29) is 34.0 Å². The van der Waals surface area contributed by atoms with Gasteiger partial charge in [-0.15, -0.1) is 34.0 Å². The summed E-state index contributed by atoms with van der Waals surface area (Å²) in [4.78, 5) is 0. The predicted molar refractivity (Wildman–Crippen MR) is 114 cm³/mol. The zero-order chi connectivity index (χ0) is 13.8. The molecule has 0 aliphatic heterocycles. The van der Waals surface area contributed by atoms with Gasteiger partial charge in [0.05, 0.1) is 0 Å². The van der Waals surface area contributed by atoms with E-state index < -0.39 is 0 Å². The van der Waals surface area contributed by atoms with Crippen LogP contribution in [0.2, 0.25) is 0 Å². The standard InChI is InChI=1S/C17H34P2.2BrH/c1-14(2)18(16-9-5-6-10-16)13-19(15(3)4)17-11-7-8-12-17;;/h14-17H,5-13H2,1-4H3;2*1H. The van der Waals surface area contributed by atoms with Crippen LogP contribution >= 0.6 is 49.8 Å². The highest BCUT2D eigenvalue weighted by atomic mass is 79.9. The first-order valence-corrected chi connectivity index (χ1v) is 11.9. The van der Waals surface area contributed by atoms with Crippen LogP contribution < -0.4 is 0 Å². The molecule has 0 radical (unpaired) electrons. The largest absolute Gasteiger partial charge is 0.114 e. The molecule has 0 nitrogen and oxygen atoms in total. The van der Waals surface area contributed by atoms with Gasteiger partial charge < -0.3 is 0 Å². The van der Waals surface area contributed by atoms with E-state index >= 15 is 0 Å². The third-order valence-corrected chi connectivity index (χ3v) is 13.4.